The summed E-state index contributed by atoms with van der Waals surface area (Å²) in [5, 5.41) is 3.26. The van der Waals surface area contributed by atoms with Gasteiger partial charge in [-0.2, -0.15) is 0 Å². The zero-order valence-corrected chi connectivity index (χ0v) is 11.6. The number of rotatable bonds is 1. The maximum atomic E-state index is 12.8. The summed E-state index contributed by atoms with van der Waals surface area (Å²) in [6.07, 6.45) is 3.73. The first-order valence-corrected chi connectivity index (χ1v) is 7.12. The predicted octanol–water partition coefficient (Wildman–Crippen LogP) is 1.34. The second-order valence-electron chi connectivity index (χ2n) is 5.22. The van der Waals surface area contributed by atoms with Crippen LogP contribution in [0.3, 0.4) is 0 Å². The Morgan fingerprint density at radius 2 is 2.29 bits per heavy atom. The molecule has 0 unspecified atom stereocenters. The Morgan fingerprint density at radius 3 is 3.24 bits per heavy atom. The van der Waals surface area contributed by atoms with Crippen LogP contribution < -0.4 is 10.1 Å². The minimum absolute atomic E-state index is 0.00444. The van der Waals surface area contributed by atoms with Gasteiger partial charge in [0.1, 0.15) is 12.4 Å². The lowest BCUT2D eigenvalue weighted by Crippen LogP contribution is -2.38. The molecule has 0 fully saturated rings. The van der Waals surface area contributed by atoms with Crippen LogP contribution in [0.15, 0.2) is 30.6 Å². The molecule has 0 aliphatic carbocycles. The standard InChI is InChI=1S/C15H16N4O2/c20-15(19-8-7-18-6-4-17-13(18)10-19)11-2-1-3-12-14(11)21-9-5-16-12/h1-4,6,16H,5,7-10H2. The summed E-state index contributed by atoms with van der Waals surface area (Å²) in [4.78, 5) is 18.9. The van der Waals surface area contributed by atoms with Gasteiger partial charge in [-0.05, 0) is 12.1 Å². The molecule has 4 rings (SSSR count). The molecule has 0 atom stereocenters. The Labute approximate surface area is 122 Å². The van der Waals surface area contributed by atoms with E-state index < -0.39 is 0 Å². The molecule has 2 aromatic rings. The zero-order chi connectivity index (χ0) is 14.2. The molecule has 1 N–H and O–H groups in total. The average Bonchev–Trinajstić information content (AvgIpc) is 3.01. The van der Waals surface area contributed by atoms with E-state index in [2.05, 4.69) is 14.9 Å². The summed E-state index contributed by atoms with van der Waals surface area (Å²) in [6.45, 7) is 3.38. The Balaban J connectivity index is 1.64. The van der Waals surface area contributed by atoms with Gasteiger partial charge in [0, 0.05) is 32.0 Å². The SMILES string of the molecule is O=C(c1cccc2c1OCCN2)N1CCn2ccnc2C1. The number of carbonyl (C=O) groups is 1. The lowest BCUT2D eigenvalue weighted by Gasteiger charge is -2.29. The van der Waals surface area contributed by atoms with Crippen molar-refractivity contribution in [2.24, 2.45) is 0 Å². The minimum Gasteiger partial charge on any atom is -0.489 e. The minimum atomic E-state index is 0.00444. The molecule has 0 saturated heterocycles. The number of para-hydroxylation sites is 1. The first kappa shape index (κ1) is 12.3. The molecule has 1 amide bonds. The zero-order valence-electron chi connectivity index (χ0n) is 11.6. The van der Waals surface area contributed by atoms with Crippen molar-refractivity contribution in [3.8, 4) is 5.75 Å². The maximum Gasteiger partial charge on any atom is 0.258 e. The summed E-state index contributed by atoms with van der Waals surface area (Å²) in [7, 11) is 0. The molecule has 21 heavy (non-hydrogen) atoms. The molecule has 6 nitrogen and oxygen atoms in total. The Kier molecular flexibility index (Phi) is 2.80. The summed E-state index contributed by atoms with van der Waals surface area (Å²) in [5.74, 6) is 1.60. The van der Waals surface area contributed by atoms with Gasteiger partial charge in [-0.3, -0.25) is 4.79 Å². The van der Waals surface area contributed by atoms with Crippen molar-refractivity contribution in [1.29, 1.82) is 0 Å². The number of hydrogen-bond acceptors (Lipinski definition) is 4. The van der Waals surface area contributed by atoms with Crippen molar-refractivity contribution in [3.05, 3.63) is 42.0 Å². The summed E-state index contributed by atoms with van der Waals surface area (Å²) in [5.41, 5.74) is 1.52. The third-order valence-corrected chi connectivity index (χ3v) is 3.94. The molecule has 1 aromatic carbocycles. The first-order chi connectivity index (χ1) is 10.3. The highest BCUT2D eigenvalue weighted by Gasteiger charge is 2.26. The van der Waals surface area contributed by atoms with E-state index in [1.807, 2.05) is 29.3 Å². The van der Waals surface area contributed by atoms with Crippen LogP contribution in [0.1, 0.15) is 16.2 Å². The van der Waals surface area contributed by atoms with Crippen LogP contribution in [-0.4, -0.2) is 40.1 Å². The number of anilines is 1. The normalized spacial score (nSPS) is 16.5. The highest BCUT2D eigenvalue weighted by Crippen LogP contribution is 2.32. The van der Waals surface area contributed by atoms with Crippen molar-refractivity contribution in [3.63, 3.8) is 0 Å². The van der Waals surface area contributed by atoms with Gasteiger partial charge in [-0.1, -0.05) is 6.07 Å². The third kappa shape index (κ3) is 2.03. The number of nitrogens with one attached hydrogen (secondary N) is 1. The van der Waals surface area contributed by atoms with Gasteiger partial charge in [-0.25, -0.2) is 4.98 Å². The monoisotopic (exact) mass is 284 g/mol. The van der Waals surface area contributed by atoms with Crippen molar-refractivity contribution in [2.75, 3.05) is 25.0 Å². The molecule has 0 saturated carbocycles. The molecule has 2 aliphatic rings. The number of ether oxygens (including phenoxy) is 1. The van der Waals surface area contributed by atoms with E-state index in [0.29, 0.717) is 31.0 Å². The van der Waals surface area contributed by atoms with E-state index in [0.717, 1.165) is 24.6 Å². The molecule has 0 bridgehead atoms. The number of imidazole rings is 1. The van der Waals surface area contributed by atoms with Crippen LogP contribution in [0.2, 0.25) is 0 Å². The van der Waals surface area contributed by atoms with Gasteiger partial charge in [-0.15, -0.1) is 0 Å². The van der Waals surface area contributed by atoms with Gasteiger partial charge in [0.15, 0.2) is 5.75 Å². The summed E-state index contributed by atoms with van der Waals surface area (Å²) >= 11 is 0. The number of fused-ring (bicyclic) bond motifs is 2. The highest BCUT2D eigenvalue weighted by molar-refractivity contribution is 5.99. The van der Waals surface area contributed by atoms with E-state index in [1.54, 1.807) is 6.20 Å². The molecular formula is C15H16N4O2. The molecule has 108 valence electrons. The fourth-order valence-electron chi connectivity index (χ4n) is 2.86. The number of hydrogen-bond donors (Lipinski definition) is 1. The maximum absolute atomic E-state index is 12.8. The van der Waals surface area contributed by atoms with Crippen molar-refractivity contribution < 1.29 is 9.53 Å². The molecule has 3 heterocycles. The first-order valence-electron chi connectivity index (χ1n) is 7.12. The largest absolute Gasteiger partial charge is 0.489 e. The van der Waals surface area contributed by atoms with Gasteiger partial charge in [0.25, 0.3) is 5.91 Å². The predicted molar refractivity (Wildman–Crippen MR) is 77.4 cm³/mol. The van der Waals surface area contributed by atoms with Crippen LogP contribution in [0.25, 0.3) is 0 Å². The number of benzene rings is 1. The third-order valence-electron chi connectivity index (χ3n) is 3.94. The van der Waals surface area contributed by atoms with Crippen molar-refractivity contribution in [2.45, 2.75) is 13.1 Å². The fourth-order valence-corrected chi connectivity index (χ4v) is 2.86. The smallest absolute Gasteiger partial charge is 0.258 e. The summed E-state index contributed by atoms with van der Waals surface area (Å²) < 4.78 is 7.78. The van der Waals surface area contributed by atoms with E-state index in [1.165, 1.54) is 0 Å². The Morgan fingerprint density at radius 1 is 1.33 bits per heavy atom. The van der Waals surface area contributed by atoms with E-state index in [4.69, 9.17) is 4.74 Å². The van der Waals surface area contributed by atoms with Crippen molar-refractivity contribution >= 4 is 11.6 Å². The number of carbonyl (C=O) groups excluding carboxylic acids is 1. The van der Waals surface area contributed by atoms with E-state index in [-0.39, 0.29) is 5.91 Å². The quantitative estimate of drug-likeness (QED) is 0.858. The molecular weight excluding hydrogens is 268 g/mol. The lowest BCUT2D eigenvalue weighted by atomic mass is 10.1. The number of aromatic nitrogens is 2. The van der Waals surface area contributed by atoms with Gasteiger partial charge in [0.2, 0.25) is 0 Å². The number of nitrogens with zero attached hydrogens (tertiary/aromatic N) is 3. The topological polar surface area (TPSA) is 59.4 Å². The molecule has 0 spiro atoms. The molecule has 0 radical (unpaired) electrons. The molecule has 2 aliphatic heterocycles. The highest BCUT2D eigenvalue weighted by atomic mass is 16.5. The van der Waals surface area contributed by atoms with E-state index in [9.17, 15) is 4.79 Å². The Hall–Kier alpha value is -2.50. The van der Waals surface area contributed by atoms with Crippen LogP contribution >= 0.6 is 0 Å². The van der Waals surface area contributed by atoms with Crippen LogP contribution in [0.5, 0.6) is 5.75 Å². The second kappa shape index (κ2) is 4.80. The second-order valence-corrected chi connectivity index (χ2v) is 5.22. The van der Waals surface area contributed by atoms with Crippen LogP contribution in [0.4, 0.5) is 5.69 Å². The number of amides is 1. The van der Waals surface area contributed by atoms with Crippen molar-refractivity contribution in [1.82, 2.24) is 14.5 Å². The van der Waals surface area contributed by atoms with Crippen LogP contribution in [0, 0.1) is 0 Å². The van der Waals surface area contributed by atoms with Crippen LogP contribution in [-0.2, 0) is 13.1 Å². The molecule has 6 heteroatoms. The van der Waals surface area contributed by atoms with Gasteiger partial charge < -0.3 is 19.5 Å². The fraction of sp³-hybridized carbons (Fsp3) is 0.333. The molecule has 1 aromatic heterocycles. The lowest BCUT2D eigenvalue weighted by molar-refractivity contribution is 0.0703. The van der Waals surface area contributed by atoms with Gasteiger partial charge >= 0.3 is 0 Å². The van der Waals surface area contributed by atoms with E-state index >= 15 is 0 Å². The average molecular weight is 284 g/mol. The summed E-state index contributed by atoms with van der Waals surface area (Å²) in [6, 6.07) is 5.65. The van der Waals surface area contributed by atoms with Gasteiger partial charge in [0.05, 0.1) is 17.8 Å². The Bertz CT molecular complexity index is 695.